The number of hydrogen-bond acceptors (Lipinski definition) is 4. The van der Waals surface area contributed by atoms with Crippen LogP contribution in [0.4, 0.5) is 0 Å². The minimum Gasteiger partial charge on any atom is -0.501 e. The van der Waals surface area contributed by atoms with Gasteiger partial charge in [0, 0.05) is 58.0 Å². The quantitative estimate of drug-likeness (QED) is 0.123. The van der Waals surface area contributed by atoms with Crippen LogP contribution in [0, 0.1) is 19.0 Å². The summed E-state index contributed by atoms with van der Waals surface area (Å²) in [6, 6.07) is 64.3. The fourth-order valence-corrected chi connectivity index (χ4v) is 11.2. The normalized spacial score (nSPS) is 13.7. The molecule has 0 amide bonds. The number of aromatic nitrogens is 4. The summed E-state index contributed by atoms with van der Waals surface area (Å²) in [6.07, 6.45) is 1.72. The summed E-state index contributed by atoms with van der Waals surface area (Å²) in [5, 5.41) is 7.01. The van der Waals surface area contributed by atoms with Crippen molar-refractivity contribution in [3.05, 3.63) is 216 Å². The number of benzene rings is 9. The fourth-order valence-electron chi connectivity index (χ4n) is 11.2. The van der Waals surface area contributed by atoms with Crippen molar-refractivity contribution < 1.29 is 28.6 Å². The largest absolute Gasteiger partial charge is 0.501 e. The molecular weight excluding hydrogens is 1090 g/mol. The Labute approximate surface area is 458 Å². The Morgan fingerprint density at radius 2 is 1.37 bits per heavy atom. The Balaban J connectivity index is 0.000000261. The number of nitrogens with zero attached hydrogens (tertiary/aromatic N) is 4. The molecule has 5 nitrogen and oxygen atoms in total. The van der Waals surface area contributed by atoms with Gasteiger partial charge in [-0.3, -0.25) is 15.0 Å². The van der Waals surface area contributed by atoms with Crippen molar-refractivity contribution in [2.75, 3.05) is 0 Å². The molecule has 0 unspecified atom stereocenters. The van der Waals surface area contributed by atoms with Gasteiger partial charge in [-0.15, -0.1) is 53.6 Å². The molecule has 0 bridgehead atoms. The maximum atomic E-state index is 7.35. The molecule has 0 aliphatic heterocycles. The maximum absolute atomic E-state index is 7.35. The Bertz CT molecular complexity index is 4260. The Morgan fingerprint density at radius 3 is 2.13 bits per heavy atom. The van der Waals surface area contributed by atoms with Gasteiger partial charge in [0.1, 0.15) is 5.58 Å². The van der Waals surface area contributed by atoms with E-state index in [1.165, 1.54) is 77.8 Å². The van der Waals surface area contributed by atoms with Crippen molar-refractivity contribution in [1.29, 1.82) is 0 Å². The van der Waals surface area contributed by atoms with Crippen LogP contribution in [0.25, 0.3) is 105 Å². The van der Waals surface area contributed by atoms with Gasteiger partial charge in [-0.25, -0.2) is 0 Å². The van der Waals surface area contributed by atoms with Gasteiger partial charge in [0.05, 0.1) is 28.3 Å². The zero-order valence-corrected chi connectivity index (χ0v) is 46.2. The van der Waals surface area contributed by atoms with Crippen LogP contribution in [-0.2, 0) is 30.9 Å². The second-order valence-corrected chi connectivity index (χ2v) is 22.1. The zero-order chi connectivity index (χ0) is 53.7. The molecule has 6 heteroatoms. The average molecular weight is 1160 g/mol. The molecule has 0 N–H and O–H groups in total. The molecule has 3 heterocycles. The molecular formula is C69H60IrN4O-2. The van der Waals surface area contributed by atoms with Crippen LogP contribution in [0.15, 0.2) is 174 Å². The molecule has 1 aliphatic rings. The monoisotopic (exact) mass is 1160 g/mol. The predicted octanol–water partition coefficient (Wildman–Crippen LogP) is 18.5. The minimum absolute atomic E-state index is 0. The smallest absolute Gasteiger partial charge is 0.121 e. The van der Waals surface area contributed by atoms with Crippen LogP contribution < -0.4 is 0 Å². The molecule has 1 aliphatic carbocycles. The zero-order valence-electron chi connectivity index (χ0n) is 46.9. The number of aryl methyl sites for hydroxylation is 1. The summed E-state index contributed by atoms with van der Waals surface area (Å²) >= 11 is 0. The van der Waals surface area contributed by atoms with E-state index < -0.39 is 6.85 Å². The third kappa shape index (κ3) is 8.59. The Kier molecular flexibility index (Phi) is 11.7. The summed E-state index contributed by atoms with van der Waals surface area (Å²) in [5.41, 5.74) is 18.1. The van der Waals surface area contributed by atoms with Gasteiger partial charge in [0.15, 0.2) is 0 Å². The van der Waals surface area contributed by atoms with E-state index in [4.69, 9.17) is 13.5 Å². The third-order valence-electron chi connectivity index (χ3n) is 15.1. The van der Waals surface area contributed by atoms with Crippen LogP contribution in [0.3, 0.4) is 0 Å². The van der Waals surface area contributed by atoms with E-state index in [-0.39, 0.29) is 48.3 Å². The SMILES string of the molecule is CC(C)c1cc(-c2ccc3c(c2)C(C)(C)c2ccccc2-3)cc(C(C)C)c1-n1c(-c2[c-]ccc3c2oc2cc4c(ccc5ccccc54)cc23)nc2ccccc21.[2H]C([2H])([2H])c1c[c-]c(-c2nccc(C(C)(C)C)n2)cc1.[Ir]. The van der Waals surface area contributed by atoms with Gasteiger partial charge < -0.3 is 8.98 Å². The summed E-state index contributed by atoms with van der Waals surface area (Å²) < 4.78 is 31.3. The second-order valence-electron chi connectivity index (χ2n) is 22.1. The van der Waals surface area contributed by atoms with Gasteiger partial charge in [-0.1, -0.05) is 165 Å². The van der Waals surface area contributed by atoms with Crippen molar-refractivity contribution in [3.8, 4) is 50.7 Å². The van der Waals surface area contributed by atoms with Crippen LogP contribution in [0.2, 0.25) is 0 Å². The standard InChI is InChI=1S/C54H43N2O.C15H17N2.Ir/c1-31(2)42-27-36(34-24-25-39-38-16-9-10-19-46(38)54(5,6)47(39)29-34)28-43(32(3)4)51(42)56-49-21-12-11-20-48(49)55-53(56)41-18-13-17-40-45-26-35-23-22-33-14-7-8-15-37(33)44(35)30-50(45)57-52(40)41;1-11-5-7-12(8-6-11)14-16-10-9-13(17-14)15(2,3)4;/h7-17,19-32H,1-6H3;5-7,9-10H,1-4H3;/q2*-1;/i;1D3;. The maximum Gasteiger partial charge on any atom is 0.121 e. The molecule has 0 fully saturated rings. The Hall–Kier alpha value is -7.50. The fraction of sp³-hybridized carbons (Fsp3) is 0.203. The van der Waals surface area contributed by atoms with E-state index in [0.29, 0.717) is 11.4 Å². The van der Waals surface area contributed by atoms with Crippen molar-refractivity contribution in [2.45, 2.75) is 91.8 Å². The van der Waals surface area contributed by atoms with E-state index in [9.17, 15) is 0 Å². The van der Waals surface area contributed by atoms with E-state index in [2.05, 4.69) is 222 Å². The number of hydrogen-bond donors (Lipinski definition) is 0. The molecule has 0 spiro atoms. The van der Waals surface area contributed by atoms with Gasteiger partial charge in [-0.05, 0) is 126 Å². The third-order valence-corrected chi connectivity index (χ3v) is 15.1. The number of imidazole rings is 1. The van der Waals surface area contributed by atoms with Crippen LogP contribution >= 0.6 is 0 Å². The van der Waals surface area contributed by atoms with E-state index in [1.807, 2.05) is 12.1 Å². The molecule has 0 saturated heterocycles. The molecule has 13 rings (SSSR count). The number of rotatable bonds is 6. The van der Waals surface area contributed by atoms with Gasteiger partial charge in [-0.2, -0.15) is 0 Å². The molecule has 9 aromatic carbocycles. The van der Waals surface area contributed by atoms with E-state index >= 15 is 0 Å². The van der Waals surface area contributed by atoms with Gasteiger partial charge in [0.2, 0.25) is 0 Å². The summed E-state index contributed by atoms with van der Waals surface area (Å²) in [6.45, 7) is 18.1. The summed E-state index contributed by atoms with van der Waals surface area (Å²) in [5.74, 6) is 1.89. The van der Waals surface area contributed by atoms with Gasteiger partial charge in [0.25, 0.3) is 0 Å². The minimum atomic E-state index is -2.11. The van der Waals surface area contributed by atoms with Crippen LogP contribution in [0.5, 0.6) is 0 Å². The van der Waals surface area contributed by atoms with Crippen LogP contribution in [-0.4, -0.2) is 19.5 Å². The van der Waals surface area contributed by atoms with Gasteiger partial charge >= 0.3 is 0 Å². The topological polar surface area (TPSA) is 56.7 Å². The van der Waals surface area contributed by atoms with Crippen molar-refractivity contribution >= 4 is 54.5 Å². The van der Waals surface area contributed by atoms with Crippen molar-refractivity contribution in [1.82, 2.24) is 19.5 Å². The molecule has 3 aromatic heterocycles. The molecule has 12 aromatic rings. The number of furan rings is 1. The first-order chi connectivity index (χ1) is 36.8. The average Bonchev–Trinajstić information content (AvgIpc) is 4.09. The molecule has 373 valence electrons. The van der Waals surface area contributed by atoms with Crippen molar-refractivity contribution in [2.24, 2.45) is 0 Å². The number of fused-ring (bicyclic) bond motifs is 10. The predicted molar refractivity (Wildman–Crippen MR) is 309 cm³/mol. The number of para-hydroxylation sites is 2. The first kappa shape index (κ1) is 46.1. The Morgan fingerprint density at radius 1 is 0.640 bits per heavy atom. The molecule has 0 saturated carbocycles. The first-order valence-electron chi connectivity index (χ1n) is 27.3. The molecule has 75 heavy (non-hydrogen) atoms. The van der Waals surface area contributed by atoms with Crippen molar-refractivity contribution in [3.63, 3.8) is 0 Å². The van der Waals surface area contributed by atoms with Crippen LogP contribution in [0.1, 0.15) is 112 Å². The van der Waals surface area contributed by atoms with E-state index in [0.717, 1.165) is 50.1 Å². The molecule has 0 atom stereocenters. The molecule has 1 radical (unpaired) electrons. The first-order valence-corrected chi connectivity index (χ1v) is 25.8. The van der Waals surface area contributed by atoms with E-state index in [1.54, 1.807) is 18.3 Å². The second kappa shape index (κ2) is 19.0. The summed E-state index contributed by atoms with van der Waals surface area (Å²) in [7, 11) is 0. The summed E-state index contributed by atoms with van der Waals surface area (Å²) in [4.78, 5) is 14.2.